The zero-order chi connectivity index (χ0) is 18.1. The van der Waals surface area contributed by atoms with Gasteiger partial charge in [0.15, 0.2) is 5.82 Å². The third kappa shape index (κ3) is 3.11. The molecule has 6 heteroatoms. The molecule has 4 rings (SSSR count). The van der Waals surface area contributed by atoms with E-state index in [1.54, 1.807) is 13.2 Å². The highest BCUT2D eigenvalue weighted by Crippen LogP contribution is 2.36. The molecular weight excluding hydrogens is 330 g/mol. The van der Waals surface area contributed by atoms with Crippen LogP contribution >= 0.6 is 0 Å². The molecule has 0 unspecified atom stereocenters. The SMILES string of the molecule is Cc1ccc2c(CC(=O)NC3(c4noc(C)n4)CCCCC3)coc2c1. The second-order valence-electron chi connectivity index (χ2n) is 7.27. The molecule has 2 heterocycles. The van der Waals surface area contributed by atoms with Gasteiger partial charge in [-0.05, 0) is 31.4 Å². The Bertz CT molecular complexity index is 935. The lowest BCUT2D eigenvalue weighted by atomic mass is 9.80. The van der Waals surface area contributed by atoms with Gasteiger partial charge >= 0.3 is 0 Å². The van der Waals surface area contributed by atoms with Gasteiger partial charge in [0.25, 0.3) is 0 Å². The summed E-state index contributed by atoms with van der Waals surface area (Å²) < 4.78 is 10.8. The molecule has 0 bridgehead atoms. The predicted molar refractivity (Wildman–Crippen MR) is 96.6 cm³/mol. The van der Waals surface area contributed by atoms with Crippen LogP contribution in [0.15, 0.2) is 33.4 Å². The molecule has 136 valence electrons. The van der Waals surface area contributed by atoms with Crippen molar-refractivity contribution in [1.29, 1.82) is 0 Å². The highest BCUT2D eigenvalue weighted by Gasteiger charge is 2.39. The van der Waals surface area contributed by atoms with E-state index < -0.39 is 5.54 Å². The molecule has 1 amide bonds. The lowest BCUT2D eigenvalue weighted by Gasteiger charge is -2.35. The van der Waals surface area contributed by atoms with Gasteiger partial charge in [0.2, 0.25) is 11.8 Å². The summed E-state index contributed by atoms with van der Waals surface area (Å²) in [6.07, 6.45) is 6.88. The minimum absolute atomic E-state index is 0.0439. The van der Waals surface area contributed by atoms with Crippen LogP contribution in [0.1, 0.15) is 54.9 Å². The molecule has 0 radical (unpaired) electrons. The van der Waals surface area contributed by atoms with Crippen LogP contribution in [-0.4, -0.2) is 16.0 Å². The number of aromatic nitrogens is 2. The third-order valence-electron chi connectivity index (χ3n) is 5.20. The summed E-state index contributed by atoms with van der Waals surface area (Å²) in [6.45, 7) is 3.79. The molecule has 1 fully saturated rings. The fraction of sp³-hybridized carbons (Fsp3) is 0.450. The van der Waals surface area contributed by atoms with Gasteiger partial charge < -0.3 is 14.3 Å². The van der Waals surface area contributed by atoms with Crippen molar-refractivity contribution in [2.24, 2.45) is 0 Å². The van der Waals surface area contributed by atoms with Gasteiger partial charge in [-0.2, -0.15) is 4.98 Å². The molecule has 1 N–H and O–H groups in total. The van der Waals surface area contributed by atoms with Crippen molar-refractivity contribution in [2.45, 2.75) is 57.9 Å². The molecule has 1 aliphatic carbocycles. The average molecular weight is 353 g/mol. The molecule has 6 nitrogen and oxygen atoms in total. The van der Waals surface area contributed by atoms with E-state index in [1.807, 2.05) is 25.1 Å². The molecule has 0 aliphatic heterocycles. The van der Waals surface area contributed by atoms with Crippen molar-refractivity contribution in [3.8, 4) is 0 Å². The van der Waals surface area contributed by atoms with E-state index in [0.29, 0.717) is 11.7 Å². The third-order valence-corrected chi connectivity index (χ3v) is 5.20. The van der Waals surface area contributed by atoms with E-state index >= 15 is 0 Å². The zero-order valence-corrected chi connectivity index (χ0v) is 15.2. The molecule has 3 aromatic rings. The normalized spacial score (nSPS) is 16.7. The highest BCUT2D eigenvalue weighted by atomic mass is 16.5. The Balaban J connectivity index is 1.56. The van der Waals surface area contributed by atoms with Crippen molar-refractivity contribution in [1.82, 2.24) is 15.5 Å². The van der Waals surface area contributed by atoms with Crippen LogP contribution in [0.3, 0.4) is 0 Å². The van der Waals surface area contributed by atoms with E-state index in [2.05, 4.69) is 15.5 Å². The number of furan rings is 1. The molecular formula is C20H23N3O3. The van der Waals surface area contributed by atoms with Crippen molar-refractivity contribution in [3.63, 3.8) is 0 Å². The van der Waals surface area contributed by atoms with Crippen LogP contribution in [0, 0.1) is 13.8 Å². The quantitative estimate of drug-likeness (QED) is 0.768. The van der Waals surface area contributed by atoms with Crippen LogP contribution in [0.2, 0.25) is 0 Å². The summed E-state index contributed by atoms with van der Waals surface area (Å²) in [7, 11) is 0. The number of benzene rings is 1. The summed E-state index contributed by atoms with van der Waals surface area (Å²) in [5, 5.41) is 8.30. The largest absolute Gasteiger partial charge is 0.464 e. The van der Waals surface area contributed by atoms with Gasteiger partial charge in [0.05, 0.1) is 12.7 Å². The van der Waals surface area contributed by atoms with E-state index in [1.165, 1.54) is 6.42 Å². The number of fused-ring (bicyclic) bond motifs is 1. The number of carbonyl (C=O) groups is 1. The van der Waals surface area contributed by atoms with Crippen molar-refractivity contribution >= 4 is 16.9 Å². The van der Waals surface area contributed by atoms with Gasteiger partial charge in [0, 0.05) is 17.9 Å². The number of hydrogen-bond donors (Lipinski definition) is 1. The second kappa shape index (κ2) is 6.59. The first-order valence-corrected chi connectivity index (χ1v) is 9.14. The second-order valence-corrected chi connectivity index (χ2v) is 7.27. The number of hydrogen-bond acceptors (Lipinski definition) is 5. The zero-order valence-electron chi connectivity index (χ0n) is 15.2. The molecule has 1 saturated carbocycles. The minimum atomic E-state index is -0.525. The number of amides is 1. The van der Waals surface area contributed by atoms with E-state index in [0.717, 1.165) is 47.8 Å². The van der Waals surface area contributed by atoms with Crippen LogP contribution in [0.5, 0.6) is 0 Å². The topological polar surface area (TPSA) is 81.2 Å². The molecule has 1 aromatic carbocycles. The lowest BCUT2D eigenvalue weighted by Crippen LogP contribution is -2.48. The first-order chi connectivity index (χ1) is 12.6. The van der Waals surface area contributed by atoms with Crippen molar-refractivity contribution in [3.05, 3.63) is 47.3 Å². The van der Waals surface area contributed by atoms with E-state index in [9.17, 15) is 4.79 Å². The Labute approximate surface area is 152 Å². The number of aryl methyl sites for hydroxylation is 2. The Morgan fingerprint density at radius 2 is 2.04 bits per heavy atom. The summed E-state index contributed by atoms with van der Waals surface area (Å²) in [4.78, 5) is 17.2. The minimum Gasteiger partial charge on any atom is -0.464 e. The van der Waals surface area contributed by atoms with Gasteiger partial charge in [-0.15, -0.1) is 0 Å². The predicted octanol–water partition coefficient (Wildman–Crippen LogP) is 3.95. The monoisotopic (exact) mass is 353 g/mol. The lowest BCUT2D eigenvalue weighted by molar-refractivity contribution is -0.123. The van der Waals surface area contributed by atoms with Crippen LogP contribution in [-0.2, 0) is 16.8 Å². The first-order valence-electron chi connectivity index (χ1n) is 9.14. The Kier molecular flexibility index (Phi) is 4.26. The number of carbonyl (C=O) groups excluding carboxylic acids is 1. The fourth-order valence-corrected chi connectivity index (χ4v) is 3.86. The van der Waals surface area contributed by atoms with Crippen molar-refractivity contribution in [2.75, 3.05) is 0 Å². The van der Waals surface area contributed by atoms with E-state index in [-0.39, 0.29) is 12.3 Å². The van der Waals surface area contributed by atoms with Crippen LogP contribution in [0.25, 0.3) is 11.0 Å². The fourth-order valence-electron chi connectivity index (χ4n) is 3.86. The standard InChI is InChI=1S/C20H23N3O3/c1-13-6-7-16-15(12-25-17(16)10-13)11-18(24)22-20(8-4-3-5-9-20)19-21-14(2)26-23-19/h6-7,10,12H,3-5,8-9,11H2,1-2H3,(H,22,24). The molecule has 0 saturated heterocycles. The van der Waals surface area contributed by atoms with E-state index in [4.69, 9.17) is 8.94 Å². The maximum Gasteiger partial charge on any atom is 0.225 e. The number of rotatable bonds is 4. The number of nitrogens with zero attached hydrogens (tertiary/aromatic N) is 2. The summed E-state index contributed by atoms with van der Waals surface area (Å²) in [5.41, 5.74) is 2.32. The van der Waals surface area contributed by atoms with Gasteiger partial charge in [-0.25, -0.2) is 0 Å². The highest BCUT2D eigenvalue weighted by molar-refractivity contribution is 5.88. The van der Waals surface area contributed by atoms with Gasteiger partial charge in [-0.1, -0.05) is 36.6 Å². The first kappa shape index (κ1) is 16.8. The molecule has 2 aromatic heterocycles. The Hall–Kier alpha value is -2.63. The average Bonchev–Trinajstić information content (AvgIpc) is 3.22. The van der Waals surface area contributed by atoms with Crippen molar-refractivity contribution < 1.29 is 13.7 Å². The Morgan fingerprint density at radius 1 is 1.23 bits per heavy atom. The van der Waals surface area contributed by atoms with Crippen LogP contribution in [0.4, 0.5) is 0 Å². The maximum absolute atomic E-state index is 12.8. The molecule has 0 spiro atoms. The maximum atomic E-state index is 12.8. The molecule has 1 aliphatic rings. The molecule has 0 atom stereocenters. The summed E-state index contributed by atoms with van der Waals surface area (Å²) >= 11 is 0. The Morgan fingerprint density at radius 3 is 2.77 bits per heavy atom. The van der Waals surface area contributed by atoms with Gasteiger partial charge in [0.1, 0.15) is 11.1 Å². The van der Waals surface area contributed by atoms with Crippen LogP contribution < -0.4 is 5.32 Å². The summed E-state index contributed by atoms with van der Waals surface area (Å²) in [5.74, 6) is 1.07. The number of nitrogens with one attached hydrogen (secondary N) is 1. The smallest absolute Gasteiger partial charge is 0.225 e. The van der Waals surface area contributed by atoms with Gasteiger partial charge in [-0.3, -0.25) is 4.79 Å². The molecule has 26 heavy (non-hydrogen) atoms. The summed E-state index contributed by atoms with van der Waals surface area (Å²) in [6, 6.07) is 6.03.